The molecule has 0 amide bonds. The van der Waals surface area contributed by atoms with E-state index in [1.54, 1.807) is 18.2 Å². The van der Waals surface area contributed by atoms with Crippen LogP contribution in [0, 0.1) is 0 Å². The Labute approximate surface area is 271 Å². The molecule has 5 rings (SSSR count). The summed E-state index contributed by atoms with van der Waals surface area (Å²) < 4.78 is 24.4. The van der Waals surface area contributed by atoms with Crippen molar-refractivity contribution >= 4 is 49.9 Å². The molecule has 0 spiro atoms. The summed E-state index contributed by atoms with van der Waals surface area (Å²) in [5.41, 5.74) is 3.15. The molecule has 0 aliphatic rings. The quantitative estimate of drug-likeness (QED) is 0.101. The first-order chi connectivity index (χ1) is 20.6. The van der Waals surface area contributed by atoms with Gasteiger partial charge >= 0.3 is 0 Å². The van der Waals surface area contributed by atoms with Crippen LogP contribution in [0.1, 0.15) is 27.0 Å². The third-order valence-corrected chi connectivity index (χ3v) is 7.96. The third kappa shape index (κ3) is 8.89. The number of ether oxygens (including phenoxy) is 4. The van der Waals surface area contributed by atoms with Crippen LogP contribution in [0.3, 0.4) is 0 Å². The first-order valence-corrected chi connectivity index (χ1v) is 14.8. The second-order valence-corrected chi connectivity index (χ2v) is 11.0. The largest absolute Gasteiger partial charge is 0.496 e. The van der Waals surface area contributed by atoms with Gasteiger partial charge in [0.1, 0.15) is 42.8 Å². The molecule has 0 N–H and O–H groups in total. The molecule has 1 radical (unpaired) electrons. The summed E-state index contributed by atoms with van der Waals surface area (Å²) in [7, 11) is 1.17. The number of rotatable bonds is 13. The first kappa shape index (κ1) is 32.2. The van der Waals surface area contributed by atoms with E-state index in [0.29, 0.717) is 58.7 Å². The minimum absolute atomic E-state index is 0. The molecule has 0 saturated heterocycles. The van der Waals surface area contributed by atoms with Gasteiger partial charge < -0.3 is 18.9 Å². The monoisotopic (exact) mass is 603 g/mol. The molecule has 8 heteroatoms. The standard InChI is InChI=1S/C35H30ClO5P.Li/c1-38-30-19-11-18-29(36)33(30)35(37)42-34-31(40-23-26-14-7-3-8-15-26)20-28(39-22-25-12-5-2-6-13-25)21-32(34)41-24-27-16-9-4-10-17-27;/h2-21,42H,22-24H2,1H3;. The van der Waals surface area contributed by atoms with Crippen LogP contribution in [0.25, 0.3) is 0 Å². The Morgan fingerprint density at radius 1 is 0.628 bits per heavy atom. The molecule has 0 saturated carbocycles. The fourth-order valence-corrected chi connectivity index (χ4v) is 5.76. The Kier molecular flexibility index (Phi) is 12.1. The summed E-state index contributed by atoms with van der Waals surface area (Å²) in [5.74, 6) is 2.00. The van der Waals surface area contributed by atoms with E-state index >= 15 is 0 Å². The molecule has 0 aromatic heterocycles. The number of carbonyl (C=O) groups excluding carboxylic acids is 1. The molecule has 5 aromatic carbocycles. The van der Waals surface area contributed by atoms with E-state index in [0.717, 1.165) is 16.7 Å². The van der Waals surface area contributed by atoms with E-state index in [1.165, 1.54) is 7.11 Å². The van der Waals surface area contributed by atoms with Crippen molar-refractivity contribution in [2.75, 3.05) is 7.11 Å². The number of hydrogen-bond donors (Lipinski definition) is 0. The molecule has 0 heterocycles. The van der Waals surface area contributed by atoms with Gasteiger partial charge in [0.2, 0.25) is 0 Å². The zero-order valence-corrected chi connectivity index (χ0v) is 25.8. The Bertz CT molecular complexity index is 1550. The average Bonchev–Trinajstić information content (AvgIpc) is 3.04. The molecule has 5 nitrogen and oxygen atoms in total. The Balaban J connectivity index is 0.00000423. The zero-order chi connectivity index (χ0) is 29.1. The zero-order valence-electron chi connectivity index (χ0n) is 24.1. The van der Waals surface area contributed by atoms with Crippen LogP contribution in [0.5, 0.6) is 23.0 Å². The SMILES string of the molecule is COc1cccc(Cl)c1C(=O)Pc1c(OCc2ccccc2)cc(OCc2ccccc2)cc1OCc1ccccc1.[Li]. The van der Waals surface area contributed by atoms with Crippen molar-refractivity contribution in [1.82, 2.24) is 0 Å². The maximum absolute atomic E-state index is 13.8. The van der Waals surface area contributed by atoms with Gasteiger partial charge in [-0.3, -0.25) is 4.79 Å². The van der Waals surface area contributed by atoms with E-state index in [9.17, 15) is 4.79 Å². The molecular formula is C35H30ClLiO5P. The van der Waals surface area contributed by atoms with E-state index in [2.05, 4.69) is 0 Å². The first-order valence-electron chi connectivity index (χ1n) is 13.4. The van der Waals surface area contributed by atoms with Crippen molar-refractivity contribution in [3.05, 3.63) is 149 Å². The van der Waals surface area contributed by atoms with Gasteiger partial charge in [0, 0.05) is 31.0 Å². The normalized spacial score (nSPS) is 10.7. The maximum Gasteiger partial charge on any atom is 0.191 e. The summed E-state index contributed by atoms with van der Waals surface area (Å²) in [6, 6.07) is 38.4. The second-order valence-electron chi connectivity index (χ2n) is 9.39. The van der Waals surface area contributed by atoms with Crippen molar-refractivity contribution in [2.45, 2.75) is 19.8 Å². The van der Waals surface area contributed by atoms with Crippen LogP contribution in [-0.2, 0) is 19.8 Å². The Hall–Kier alpha value is -3.71. The molecule has 0 fully saturated rings. The molecule has 0 bridgehead atoms. The van der Waals surface area contributed by atoms with Crippen molar-refractivity contribution < 1.29 is 23.7 Å². The van der Waals surface area contributed by atoms with Crippen LogP contribution in [0.15, 0.2) is 121 Å². The molecular weight excluding hydrogens is 574 g/mol. The molecule has 1 atom stereocenters. The minimum atomic E-state index is -0.353. The van der Waals surface area contributed by atoms with Crippen LogP contribution in [-0.4, -0.2) is 31.5 Å². The van der Waals surface area contributed by atoms with Gasteiger partial charge in [-0.15, -0.1) is 0 Å². The number of benzene rings is 5. The number of carbonyl (C=O) groups is 1. The molecule has 0 aliphatic heterocycles. The fourth-order valence-electron chi connectivity index (χ4n) is 4.28. The predicted octanol–water partition coefficient (Wildman–Crippen LogP) is 7.85. The summed E-state index contributed by atoms with van der Waals surface area (Å²) in [5, 5.41) is 0.953. The van der Waals surface area contributed by atoms with Gasteiger partial charge in [-0.2, -0.15) is 0 Å². The van der Waals surface area contributed by atoms with Crippen molar-refractivity contribution in [3.8, 4) is 23.0 Å². The van der Waals surface area contributed by atoms with E-state index in [-0.39, 0.29) is 33.0 Å². The van der Waals surface area contributed by atoms with Crippen LogP contribution < -0.4 is 24.3 Å². The number of methoxy groups -OCH3 is 1. The van der Waals surface area contributed by atoms with Crippen LogP contribution >= 0.6 is 20.2 Å². The minimum Gasteiger partial charge on any atom is -0.496 e. The molecule has 1 unspecified atom stereocenters. The van der Waals surface area contributed by atoms with Gasteiger partial charge in [0.05, 0.1) is 23.0 Å². The van der Waals surface area contributed by atoms with E-state index in [1.807, 2.05) is 103 Å². The summed E-state index contributed by atoms with van der Waals surface area (Å²) >= 11 is 6.48. The van der Waals surface area contributed by atoms with Gasteiger partial charge in [-0.1, -0.05) is 109 Å². The van der Waals surface area contributed by atoms with Gasteiger partial charge in [0.25, 0.3) is 0 Å². The van der Waals surface area contributed by atoms with Gasteiger partial charge in [0.15, 0.2) is 5.52 Å². The average molecular weight is 604 g/mol. The third-order valence-electron chi connectivity index (χ3n) is 6.42. The summed E-state index contributed by atoms with van der Waals surface area (Å²) in [6.45, 7) is 0.985. The smallest absolute Gasteiger partial charge is 0.191 e. The predicted molar refractivity (Wildman–Crippen MR) is 175 cm³/mol. The molecule has 0 aliphatic carbocycles. The van der Waals surface area contributed by atoms with E-state index < -0.39 is 0 Å². The molecule has 213 valence electrons. The maximum atomic E-state index is 13.8. The van der Waals surface area contributed by atoms with Crippen molar-refractivity contribution in [2.24, 2.45) is 0 Å². The number of hydrogen-bond acceptors (Lipinski definition) is 5. The summed E-state index contributed by atoms with van der Waals surface area (Å²) in [4.78, 5) is 13.8. The molecule has 5 aromatic rings. The molecule has 43 heavy (non-hydrogen) atoms. The van der Waals surface area contributed by atoms with Crippen LogP contribution in [0.4, 0.5) is 0 Å². The second kappa shape index (κ2) is 16.2. The van der Waals surface area contributed by atoms with E-state index in [4.69, 9.17) is 30.5 Å². The van der Waals surface area contributed by atoms with Gasteiger partial charge in [-0.25, -0.2) is 0 Å². The summed E-state index contributed by atoms with van der Waals surface area (Å²) in [6.07, 6.45) is 0. The van der Waals surface area contributed by atoms with Crippen molar-refractivity contribution in [1.29, 1.82) is 0 Å². The Morgan fingerprint density at radius 3 is 1.56 bits per heavy atom. The van der Waals surface area contributed by atoms with Crippen molar-refractivity contribution in [3.63, 3.8) is 0 Å². The van der Waals surface area contributed by atoms with Crippen LogP contribution in [0.2, 0.25) is 5.02 Å². The van der Waals surface area contributed by atoms with Gasteiger partial charge in [-0.05, 0) is 37.4 Å². The number of halogens is 1. The fraction of sp³-hybridized carbons (Fsp3) is 0.114. The topological polar surface area (TPSA) is 54.0 Å². The Morgan fingerprint density at radius 2 is 1.09 bits per heavy atom.